The van der Waals surface area contributed by atoms with E-state index >= 15 is 0 Å². The third-order valence-electron chi connectivity index (χ3n) is 2.39. The Balaban J connectivity index is 2.13. The molecule has 0 amide bonds. The molecule has 4 heteroatoms. The van der Waals surface area contributed by atoms with Gasteiger partial charge in [-0.15, -0.1) is 0 Å². The van der Waals surface area contributed by atoms with Crippen LogP contribution in [-0.2, 0) is 9.47 Å². The molecule has 2 fully saturated rings. The molecule has 2 heterocycles. The lowest BCUT2D eigenvalue weighted by molar-refractivity contribution is 0.0664. The first-order valence-corrected chi connectivity index (χ1v) is 3.89. The zero-order valence-corrected chi connectivity index (χ0v) is 6.43. The molecule has 0 N–H and O–H groups in total. The van der Waals surface area contributed by atoms with Crippen molar-refractivity contribution in [3.63, 3.8) is 0 Å². The van der Waals surface area contributed by atoms with Crippen LogP contribution < -0.4 is 0 Å². The minimum Gasteiger partial charge on any atom is -0.373 e. The molecule has 0 aromatic carbocycles. The predicted molar refractivity (Wildman–Crippen MR) is 37.7 cm³/mol. The average Bonchev–Trinajstić information content (AvgIpc) is 2.62. The van der Waals surface area contributed by atoms with Crippen LogP contribution in [0.4, 0.5) is 0 Å². The number of fused-ring (bicyclic) bond motifs is 1. The lowest BCUT2D eigenvalue weighted by Gasteiger charge is -2.08. The van der Waals surface area contributed by atoms with Gasteiger partial charge in [-0.25, -0.2) is 0 Å². The van der Waals surface area contributed by atoms with Crippen molar-refractivity contribution >= 4 is 0 Å². The highest BCUT2D eigenvalue weighted by Crippen LogP contribution is 2.33. The van der Waals surface area contributed by atoms with E-state index in [4.69, 9.17) is 20.0 Å². The topological polar surface area (TPSA) is 66.0 Å². The second kappa shape index (κ2) is 2.75. The summed E-state index contributed by atoms with van der Waals surface area (Å²) in [5, 5.41) is 17.4. The maximum absolute atomic E-state index is 8.68. The third-order valence-corrected chi connectivity index (χ3v) is 2.39. The Hall–Kier alpha value is -1.10. The first kappa shape index (κ1) is 7.54. The van der Waals surface area contributed by atoms with E-state index in [0.29, 0.717) is 13.2 Å². The van der Waals surface area contributed by atoms with Crippen LogP contribution in [0.5, 0.6) is 0 Å². The Bertz CT molecular complexity index is 237. The number of nitriles is 2. The summed E-state index contributed by atoms with van der Waals surface area (Å²) >= 11 is 0. The van der Waals surface area contributed by atoms with Crippen molar-refractivity contribution in [2.45, 2.75) is 12.2 Å². The summed E-state index contributed by atoms with van der Waals surface area (Å²) in [4.78, 5) is 0. The number of rotatable bonds is 0. The standard InChI is InChI=1S/C8H8N2O2/c9-1-5-3-11-8-6(2-10)4-12-7(5)8/h5-8H,3-4H2/t5-,6-,7?,8?/m1/s1. The van der Waals surface area contributed by atoms with Gasteiger partial charge in [-0.1, -0.05) is 0 Å². The van der Waals surface area contributed by atoms with Crippen molar-refractivity contribution < 1.29 is 9.47 Å². The lowest BCUT2D eigenvalue weighted by atomic mass is 9.98. The molecule has 0 radical (unpaired) electrons. The normalized spacial score (nSPS) is 44.8. The fourth-order valence-electron chi connectivity index (χ4n) is 1.72. The maximum atomic E-state index is 8.68. The quantitative estimate of drug-likeness (QED) is 0.508. The Labute approximate surface area is 70.3 Å². The number of hydrogen-bond acceptors (Lipinski definition) is 4. The van der Waals surface area contributed by atoms with Crippen molar-refractivity contribution in [3.8, 4) is 12.1 Å². The summed E-state index contributed by atoms with van der Waals surface area (Å²) in [6.07, 6.45) is -0.334. The molecule has 0 spiro atoms. The van der Waals surface area contributed by atoms with Crippen molar-refractivity contribution in [3.05, 3.63) is 0 Å². The van der Waals surface area contributed by atoms with E-state index in [9.17, 15) is 0 Å². The molecule has 2 aliphatic heterocycles. The van der Waals surface area contributed by atoms with Crippen molar-refractivity contribution in [2.75, 3.05) is 13.2 Å². The van der Waals surface area contributed by atoms with E-state index in [1.54, 1.807) is 0 Å². The smallest absolute Gasteiger partial charge is 0.103 e. The molecule has 2 unspecified atom stereocenters. The minimum atomic E-state index is -0.187. The third kappa shape index (κ3) is 0.896. The van der Waals surface area contributed by atoms with Crippen LogP contribution in [0.2, 0.25) is 0 Å². The zero-order chi connectivity index (χ0) is 8.55. The summed E-state index contributed by atoms with van der Waals surface area (Å²) in [6, 6.07) is 4.24. The van der Waals surface area contributed by atoms with Gasteiger partial charge in [0.15, 0.2) is 0 Å². The van der Waals surface area contributed by atoms with E-state index in [-0.39, 0.29) is 24.0 Å². The van der Waals surface area contributed by atoms with E-state index in [2.05, 4.69) is 12.1 Å². The van der Waals surface area contributed by atoms with Gasteiger partial charge in [0, 0.05) is 0 Å². The lowest BCUT2D eigenvalue weighted by Crippen LogP contribution is -2.24. The van der Waals surface area contributed by atoms with Gasteiger partial charge < -0.3 is 9.47 Å². The summed E-state index contributed by atoms with van der Waals surface area (Å²) in [5.41, 5.74) is 0. The Kier molecular flexibility index (Phi) is 1.73. The highest BCUT2D eigenvalue weighted by Gasteiger charge is 2.47. The minimum absolute atomic E-state index is 0.167. The van der Waals surface area contributed by atoms with Gasteiger partial charge in [-0.3, -0.25) is 0 Å². The molecule has 2 aliphatic rings. The van der Waals surface area contributed by atoms with Gasteiger partial charge in [-0.2, -0.15) is 10.5 Å². The Morgan fingerprint density at radius 2 is 1.33 bits per heavy atom. The highest BCUT2D eigenvalue weighted by atomic mass is 16.6. The molecular formula is C8H8N2O2. The first-order chi connectivity index (χ1) is 5.86. The SMILES string of the molecule is N#C[C@@H]1COC2C1OC[C@H]2C#N. The van der Waals surface area contributed by atoms with Gasteiger partial charge in [-0.05, 0) is 0 Å². The Morgan fingerprint density at radius 1 is 0.917 bits per heavy atom. The fraction of sp³-hybridized carbons (Fsp3) is 0.750. The van der Waals surface area contributed by atoms with Crippen LogP contribution in [0.3, 0.4) is 0 Å². The molecule has 0 aromatic heterocycles. The molecule has 62 valence electrons. The van der Waals surface area contributed by atoms with Gasteiger partial charge in [0.2, 0.25) is 0 Å². The maximum Gasteiger partial charge on any atom is 0.103 e. The number of ether oxygens (including phenoxy) is 2. The monoisotopic (exact) mass is 164 g/mol. The summed E-state index contributed by atoms with van der Waals surface area (Å²) in [5.74, 6) is -0.373. The number of hydrogen-bond donors (Lipinski definition) is 0. The molecule has 0 aromatic rings. The van der Waals surface area contributed by atoms with Crippen LogP contribution in [0, 0.1) is 34.5 Å². The molecule has 12 heavy (non-hydrogen) atoms. The van der Waals surface area contributed by atoms with Crippen LogP contribution in [0.25, 0.3) is 0 Å². The highest BCUT2D eigenvalue weighted by molar-refractivity contribution is 5.07. The van der Waals surface area contributed by atoms with Gasteiger partial charge in [0.1, 0.15) is 12.2 Å². The second-order valence-corrected chi connectivity index (χ2v) is 3.07. The molecule has 2 saturated heterocycles. The van der Waals surface area contributed by atoms with Crippen LogP contribution in [-0.4, -0.2) is 25.4 Å². The van der Waals surface area contributed by atoms with Crippen molar-refractivity contribution in [1.29, 1.82) is 10.5 Å². The molecular weight excluding hydrogens is 156 g/mol. The Morgan fingerprint density at radius 3 is 1.67 bits per heavy atom. The van der Waals surface area contributed by atoms with E-state index in [1.807, 2.05) is 0 Å². The van der Waals surface area contributed by atoms with Crippen LogP contribution in [0.1, 0.15) is 0 Å². The summed E-state index contributed by atoms with van der Waals surface area (Å²) in [7, 11) is 0. The first-order valence-electron chi connectivity index (χ1n) is 3.89. The van der Waals surface area contributed by atoms with Gasteiger partial charge >= 0.3 is 0 Å². The van der Waals surface area contributed by atoms with E-state index in [0.717, 1.165) is 0 Å². The fourth-order valence-corrected chi connectivity index (χ4v) is 1.72. The van der Waals surface area contributed by atoms with E-state index < -0.39 is 0 Å². The molecule has 0 bridgehead atoms. The summed E-state index contributed by atoms with van der Waals surface area (Å²) in [6.45, 7) is 0.814. The number of nitrogens with zero attached hydrogens (tertiary/aromatic N) is 2. The van der Waals surface area contributed by atoms with Crippen LogP contribution in [0.15, 0.2) is 0 Å². The van der Waals surface area contributed by atoms with Gasteiger partial charge in [0.25, 0.3) is 0 Å². The molecule has 0 aliphatic carbocycles. The molecule has 4 atom stereocenters. The van der Waals surface area contributed by atoms with E-state index in [1.165, 1.54) is 0 Å². The second-order valence-electron chi connectivity index (χ2n) is 3.07. The zero-order valence-electron chi connectivity index (χ0n) is 6.43. The predicted octanol–water partition coefficient (Wildman–Crippen LogP) is 0.0636. The van der Waals surface area contributed by atoms with Crippen molar-refractivity contribution in [1.82, 2.24) is 0 Å². The molecule has 0 saturated carbocycles. The average molecular weight is 164 g/mol. The largest absolute Gasteiger partial charge is 0.373 e. The molecule has 2 rings (SSSR count). The molecule has 4 nitrogen and oxygen atoms in total. The summed E-state index contributed by atoms with van der Waals surface area (Å²) < 4.78 is 10.6. The van der Waals surface area contributed by atoms with Gasteiger partial charge in [0.05, 0.1) is 37.2 Å². The van der Waals surface area contributed by atoms with Crippen molar-refractivity contribution in [2.24, 2.45) is 11.8 Å². The van der Waals surface area contributed by atoms with Crippen LogP contribution >= 0.6 is 0 Å².